The predicted octanol–water partition coefficient (Wildman–Crippen LogP) is 4.49. The van der Waals surface area contributed by atoms with E-state index in [4.69, 9.17) is 0 Å². The zero-order chi connectivity index (χ0) is 24.0. The number of rotatable bonds is 9. The summed E-state index contributed by atoms with van der Waals surface area (Å²) in [6.45, 7) is 8.12. The molecule has 0 aliphatic carbocycles. The highest BCUT2D eigenvalue weighted by molar-refractivity contribution is 14.1. The minimum Gasteiger partial charge on any atom is -0.345 e. The number of hydrogen-bond donors (Lipinski definition) is 2. The SMILES string of the molecule is C=CCn1c(CNC(=O)c2ccccc2F)nnc1SCC(=O)Nc1c(C)cc(I)cc1C. The first kappa shape index (κ1) is 24.9. The van der Waals surface area contributed by atoms with Crippen LogP contribution in [0, 0.1) is 23.2 Å². The Morgan fingerprint density at radius 2 is 1.91 bits per heavy atom. The Kier molecular flexibility index (Phi) is 8.61. The van der Waals surface area contributed by atoms with Crippen molar-refractivity contribution in [3.63, 3.8) is 0 Å². The topological polar surface area (TPSA) is 88.9 Å². The van der Waals surface area contributed by atoms with Gasteiger partial charge >= 0.3 is 0 Å². The number of halogens is 2. The summed E-state index contributed by atoms with van der Waals surface area (Å²) < 4.78 is 16.7. The van der Waals surface area contributed by atoms with Crippen LogP contribution in [0.1, 0.15) is 27.3 Å². The van der Waals surface area contributed by atoms with E-state index in [1.807, 2.05) is 26.0 Å². The smallest absolute Gasteiger partial charge is 0.254 e. The fraction of sp³-hybridized carbons (Fsp3) is 0.217. The van der Waals surface area contributed by atoms with Crippen molar-refractivity contribution in [3.05, 3.63) is 81.0 Å². The highest BCUT2D eigenvalue weighted by atomic mass is 127. The molecule has 0 saturated carbocycles. The number of aryl methyl sites for hydroxylation is 2. The molecular formula is C23H23FIN5O2S. The normalized spacial score (nSPS) is 10.7. The van der Waals surface area contributed by atoms with Crippen LogP contribution >= 0.6 is 34.4 Å². The van der Waals surface area contributed by atoms with Gasteiger partial charge in [-0.25, -0.2) is 4.39 Å². The number of anilines is 1. The number of carbonyl (C=O) groups excluding carboxylic acids is 2. The lowest BCUT2D eigenvalue weighted by molar-refractivity contribution is -0.113. The van der Waals surface area contributed by atoms with Gasteiger partial charge in [-0.05, 0) is 71.8 Å². The number of nitrogens with one attached hydrogen (secondary N) is 2. The summed E-state index contributed by atoms with van der Waals surface area (Å²) in [6, 6.07) is 9.78. The van der Waals surface area contributed by atoms with Crippen LogP contribution < -0.4 is 10.6 Å². The molecule has 7 nitrogen and oxygen atoms in total. The molecule has 0 unspecified atom stereocenters. The van der Waals surface area contributed by atoms with Crippen LogP contribution in [0.15, 0.2) is 54.2 Å². The molecule has 0 radical (unpaired) electrons. The summed E-state index contributed by atoms with van der Waals surface area (Å²) in [5, 5.41) is 14.4. The van der Waals surface area contributed by atoms with Crippen LogP contribution in [0.4, 0.5) is 10.1 Å². The van der Waals surface area contributed by atoms with E-state index in [2.05, 4.69) is 50.0 Å². The molecule has 0 aliphatic heterocycles. The number of hydrogen-bond acceptors (Lipinski definition) is 5. The molecule has 3 aromatic rings. The standard InChI is InChI=1S/C23H23FIN5O2S/c1-4-9-30-19(12-26-22(32)17-7-5-6-8-18(17)24)28-29-23(30)33-13-20(31)27-21-14(2)10-16(25)11-15(21)3/h4-8,10-11H,1,9,12-13H2,2-3H3,(H,26,32)(H,27,31). The van der Waals surface area contributed by atoms with Crippen molar-refractivity contribution >= 4 is 51.9 Å². The van der Waals surface area contributed by atoms with E-state index >= 15 is 0 Å². The summed E-state index contributed by atoms with van der Waals surface area (Å²) >= 11 is 3.49. The third-order valence-corrected chi connectivity index (χ3v) is 6.31. The fourth-order valence-electron chi connectivity index (χ4n) is 3.18. The second-order valence-electron chi connectivity index (χ2n) is 7.21. The minimum absolute atomic E-state index is 0.0419. The van der Waals surface area contributed by atoms with Gasteiger partial charge in [-0.2, -0.15) is 0 Å². The largest absolute Gasteiger partial charge is 0.345 e. The number of carbonyl (C=O) groups is 2. The van der Waals surface area contributed by atoms with Gasteiger partial charge in [0.05, 0.1) is 17.9 Å². The average Bonchev–Trinajstić information content (AvgIpc) is 3.15. The number of aromatic nitrogens is 3. The Morgan fingerprint density at radius 3 is 2.58 bits per heavy atom. The summed E-state index contributed by atoms with van der Waals surface area (Å²) in [7, 11) is 0. The first-order chi connectivity index (χ1) is 15.8. The molecule has 3 rings (SSSR count). The number of benzene rings is 2. The Balaban J connectivity index is 1.64. The van der Waals surface area contributed by atoms with Crippen molar-refractivity contribution in [3.8, 4) is 0 Å². The molecule has 0 bridgehead atoms. The van der Waals surface area contributed by atoms with Gasteiger partial charge in [0.25, 0.3) is 5.91 Å². The minimum atomic E-state index is -0.594. The van der Waals surface area contributed by atoms with Gasteiger partial charge in [-0.15, -0.1) is 16.8 Å². The highest BCUT2D eigenvalue weighted by Gasteiger charge is 2.17. The molecule has 1 heterocycles. The Labute approximate surface area is 209 Å². The van der Waals surface area contributed by atoms with E-state index in [1.165, 1.54) is 30.0 Å². The summed E-state index contributed by atoms with van der Waals surface area (Å²) in [4.78, 5) is 24.8. The Hall–Kier alpha value is -2.73. The Bertz CT molecular complexity index is 1170. The van der Waals surface area contributed by atoms with Crippen molar-refractivity contribution in [2.24, 2.45) is 0 Å². The first-order valence-electron chi connectivity index (χ1n) is 10.0. The molecule has 1 aromatic heterocycles. The maximum Gasteiger partial charge on any atom is 0.254 e. The third kappa shape index (κ3) is 6.41. The molecular weight excluding hydrogens is 556 g/mol. The van der Waals surface area contributed by atoms with Gasteiger partial charge in [-0.1, -0.05) is 30.0 Å². The molecule has 0 atom stereocenters. The summed E-state index contributed by atoms with van der Waals surface area (Å²) in [5.74, 6) is -0.676. The van der Waals surface area contributed by atoms with Gasteiger partial charge < -0.3 is 15.2 Å². The lowest BCUT2D eigenvalue weighted by atomic mass is 10.1. The molecule has 2 amide bonds. The predicted molar refractivity (Wildman–Crippen MR) is 136 cm³/mol. The number of nitrogens with zero attached hydrogens (tertiary/aromatic N) is 3. The van der Waals surface area contributed by atoms with E-state index in [1.54, 1.807) is 16.7 Å². The molecule has 0 fully saturated rings. The van der Waals surface area contributed by atoms with Gasteiger partial charge in [0.1, 0.15) is 5.82 Å². The van der Waals surface area contributed by atoms with E-state index in [0.717, 1.165) is 20.4 Å². The molecule has 172 valence electrons. The van der Waals surface area contributed by atoms with E-state index in [9.17, 15) is 14.0 Å². The van der Waals surface area contributed by atoms with Gasteiger partial charge in [0, 0.05) is 15.8 Å². The molecule has 0 spiro atoms. The molecule has 10 heteroatoms. The van der Waals surface area contributed by atoms with Crippen molar-refractivity contribution in [2.75, 3.05) is 11.1 Å². The maximum absolute atomic E-state index is 13.8. The second-order valence-corrected chi connectivity index (χ2v) is 9.40. The molecule has 0 saturated heterocycles. The molecule has 33 heavy (non-hydrogen) atoms. The van der Waals surface area contributed by atoms with Crippen LogP contribution in [0.3, 0.4) is 0 Å². The van der Waals surface area contributed by atoms with E-state index in [-0.39, 0.29) is 23.8 Å². The van der Waals surface area contributed by atoms with Crippen LogP contribution in [-0.2, 0) is 17.9 Å². The third-order valence-electron chi connectivity index (χ3n) is 4.72. The number of thioether (sulfide) groups is 1. The van der Waals surface area contributed by atoms with Crippen molar-refractivity contribution in [1.29, 1.82) is 0 Å². The van der Waals surface area contributed by atoms with Crippen molar-refractivity contribution in [2.45, 2.75) is 32.1 Å². The zero-order valence-corrected chi connectivity index (χ0v) is 21.2. The molecule has 0 aliphatic rings. The van der Waals surface area contributed by atoms with Crippen LogP contribution in [0.2, 0.25) is 0 Å². The number of amides is 2. The monoisotopic (exact) mass is 579 g/mol. The van der Waals surface area contributed by atoms with Gasteiger partial charge in [0.2, 0.25) is 5.91 Å². The quantitative estimate of drug-likeness (QED) is 0.222. The van der Waals surface area contributed by atoms with Gasteiger partial charge in [0.15, 0.2) is 11.0 Å². The first-order valence-corrected chi connectivity index (χ1v) is 12.1. The van der Waals surface area contributed by atoms with Crippen molar-refractivity contribution < 1.29 is 14.0 Å². The van der Waals surface area contributed by atoms with Gasteiger partial charge in [-0.3, -0.25) is 9.59 Å². The van der Waals surface area contributed by atoms with Crippen molar-refractivity contribution in [1.82, 2.24) is 20.1 Å². The highest BCUT2D eigenvalue weighted by Crippen LogP contribution is 2.24. The maximum atomic E-state index is 13.8. The lowest BCUT2D eigenvalue weighted by Gasteiger charge is -2.12. The van der Waals surface area contributed by atoms with E-state index < -0.39 is 11.7 Å². The number of allylic oxidation sites excluding steroid dienone is 1. The van der Waals surface area contributed by atoms with Crippen LogP contribution in [0.5, 0.6) is 0 Å². The average molecular weight is 579 g/mol. The zero-order valence-electron chi connectivity index (χ0n) is 18.2. The summed E-state index contributed by atoms with van der Waals surface area (Å²) in [5.41, 5.74) is 2.77. The lowest BCUT2D eigenvalue weighted by Crippen LogP contribution is -2.25. The second kappa shape index (κ2) is 11.4. The van der Waals surface area contributed by atoms with E-state index in [0.29, 0.717) is 17.5 Å². The van der Waals surface area contributed by atoms with Crippen LogP contribution in [0.25, 0.3) is 0 Å². The molecule has 2 N–H and O–H groups in total. The van der Waals surface area contributed by atoms with Crippen LogP contribution in [-0.4, -0.2) is 32.3 Å². The fourth-order valence-corrected chi connectivity index (χ4v) is 4.88. The Morgan fingerprint density at radius 1 is 1.21 bits per heavy atom. The molecule has 2 aromatic carbocycles. The summed E-state index contributed by atoms with van der Waals surface area (Å²) in [6.07, 6.45) is 1.67.